The number of ether oxygens (including phenoxy) is 1. The molecule has 0 aliphatic heterocycles. The van der Waals surface area contributed by atoms with Gasteiger partial charge in [0.05, 0.1) is 18.5 Å². The molecule has 1 aromatic carbocycles. The van der Waals surface area contributed by atoms with E-state index in [1.807, 2.05) is 0 Å². The molecule has 3 rings (SSSR count). The summed E-state index contributed by atoms with van der Waals surface area (Å²) in [5.74, 6) is 0.389. The molecule has 2 heterocycles. The van der Waals surface area contributed by atoms with Crippen molar-refractivity contribution < 1.29 is 18.3 Å². The van der Waals surface area contributed by atoms with Crippen molar-refractivity contribution in [1.29, 1.82) is 0 Å². The van der Waals surface area contributed by atoms with Crippen molar-refractivity contribution in [3.63, 3.8) is 0 Å². The minimum atomic E-state index is -0.392. The number of furan rings is 1. The summed E-state index contributed by atoms with van der Waals surface area (Å²) in [6.07, 6.45) is 1.47. The van der Waals surface area contributed by atoms with Crippen LogP contribution in [0.1, 0.15) is 0 Å². The fourth-order valence-electron chi connectivity index (χ4n) is 2.00. The standard InChI is InChI=1S/C17H15FN4O3/c18-13-5-3-12(4-6-13)14-7-8-16(22-21-14)25-11-9-19-17(23)20-15-2-1-10-24-15/h1-8,10H,9,11H2,(H2,19,20,23). The first kappa shape index (κ1) is 16.4. The third kappa shape index (κ3) is 4.77. The second-order valence-electron chi connectivity index (χ2n) is 4.97. The van der Waals surface area contributed by atoms with Crippen LogP contribution in [0.2, 0.25) is 0 Å². The maximum atomic E-state index is 12.9. The van der Waals surface area contributed by atoms with Gasteiger partial charge in [0, 0.05) is 17.7 Å². The summed E-state index contributed by atoms with van der Waals surface area (Å²) in [6.45, 7) is 0.518. The lowest BCUT2D eigenvalue weighted by Crippen LogP contribution is -2.32. The first-order chi connectivity index (χ1) is 12.2. The smallest absolute Gasteiger partial charge is 0.321 e. The van der Waals surface area contributed by atoms with Crippen LogP contribution in [0, 0.1) is 5.82 Å². The molecule has 0 radical (unpaired) electrons. The van der Waals surface area contributed by atoms with Gasteiger partial charge in [0.15, 0.2) is 0 Å². The number of urea groups is 1. The van der Waals surface area contributed by atoms with Crippen molar-refractivity contribution in [2.45, 2.75) is 0 Å². The molecule has 2 N–H and O–H groups in total. The van der Waals surface area contributed by atoms with Crippen LogP contribution in [0.25, 0.3) is 11.3 Å². The molecule has 7 nitrogen and oxygen atoms in total. The van der Waals surface area contributed by atoms with Crippen molar-refractivity contribution >= 4 is 11.9 Å². The molecule has 0 aliphatic rings. The van der Waals surface area contributed by atoms with Gasteiger partial charge in [-0.25, -0.2) is 9.18 Å². The van der Waals surface area contributed by atoms with Crippen molar-refractivity contribution in [3.8, 4) is 17.1 Å². The number of aromatic nitrogens is 2. The largest absolute Gasteiger partial charge is 0.475 e. The van der Waals surface area contributed by atoms with Crippen LogP contribution < -0.4 is 15.4 Å². The van der Waals surface area contributed by atoms with E-state index in [-0.39, 0.29) is 19.0 Å². The van der Waals surface area contributed by atoms with E-state index < -0.39 is 6.03 Å². The predicted octanol–water partition coefficient (Wildman–Crippen LogP) is 3.08. The molecule has 0 saturated heterocycles. The average Bonchev–Trinajstić information content (AvgIpc) is 3.13. The number of anilines is 1. The molecule has 0 unspecified atom stereocenters. The van der Waals surface area contributed by atoms with Crippen molar-refractivity contribution in [2.75, 3.05) is 18.5 Å². The van der Waals surface area contributed by atoms with Gasteiger partial charge in [-0.05, 0) is 36.4 Å². The topological polar surface area (TPSA) is 89.3 Å². The number of hydrogen-bond acceptors (Lipinski definition) is 5. The molecule has 25 heavy (non-hydrogen) atoms. The van der Waals surface area contributed by atoms with E-state index in [1.165, 1.54) is 18.4 Å². The second-order valence-corrected chi connectivity index (χ2v) is 4.97. The number of nitrogens with one attached hydrogen (secondary N) is 2. The summed E-state index contributed by atoms with van der Waals surface area (Å²) in [7, 11) is 0. The van der Waals surface area contributed by atoms with E-state index in [0.717, 1.165) is 5.56 Å². The average molecular weight is 342 g/mol. The Balaban J connectivity index is 1.43. The molecule has 2 amide bonds. The molecule has 2 aromatic heterocycles. The van der Waals surface area contributed by atoms with Crippen LogP contribution in [0.15, 0.2) is 59.2 Å². The molecular formula is C17H15FN4O3. The third-order valence-corrected chi connectivity index (χ3v) is 3.18. The van der Waals surface area contributed by atoms with E-state index in [9.17, 15) is 9.18 Å². The Kier molecular flexibility index (Phi) is 5.20. The fourth-order valence-corrected chi connectivity index (χ4v) is 2.00. The first-order valence-corrected chi connectivity index (χ1v) is 7.51. The Morgan fingerprint density at radius 2 is 1.96 bits per heavy atom. The molecular weight excluding hydrogens is 327 g/mol. The number of hydrogen-bond donors (Lipinski definition) is 2. The second kappa shape index (κ2) is 7.91. The highest BCUT2D eigenvalue weighted by Gasteiger charge is 2.04. The van der Waals surface area contributed by atoms with E-state index in [0.29, 0.717) is 17.5 Å². The molecule has 0 atom stereocenters. The van der Waals surface area contributed by atoms with Crippen LogP contribution in [-0.4, -0.2) is 29.4 Å². The van der Waals surface area contributed by atoms with Gasteiger partial charge >= 0.3 is 6.03 Å². The minimum Gasteiger partial charge on any atom is -0.475 e. The Hall–Kier alpha value is -3.42. The van der Waals surface area contributed by atoms with Gasteiger partial charge < -0.3 is 14.5 Å². The Morgan fingerprint density at radius 1 is 1.12 bits per heavy atom. The molecule has 128 valence electrons. The van der Waals surface area contributed by atoms with Crippen molar-refractivity contribution in [2.24, 2.45) is 0 Å². The zero-order valence-corrected chi connectivity index (χ0v) is 13.1. The lowest BCUT2D eigenvalue weighted by Gasteiger charge is -2.07. The van der Waals surface area contributed by atoms with Gasteiger partial charge in [0.2, 0.25) is 11.8 Å². The summed E-state index contributed by atoms with van der Waals surface area (Å²) in [6, 6.07) is 12.3. The van der Waals surface area contributed by atoms with Gasteiger partial charge in [-0.3, -0.25) is 5.32 Å². The summed E-state index contributed by atoms with van der Waals surface area (Å²) >= 11 is 0. The van der Waals surface area contributed by atoms with Gasteiger partial charge in [-0.1, -0.05) is 0 Å². The summed E-state index contributed by atoms with van der Waals surface area (Å²) in [4.78, 5) is 11.6. The summed E-state index contributed by atoms with van der Waals surface area (Å²) < 4.78 is 23.3. The Bertz CT molecular complexity index is 805. The number of halogens is 1. The summed E-state index contributed by atoms with van der Waals surface area (Å²) in [5, 5.41) is 13.1. The number of carbonyl (C=O) groups excluding carboxylic acids is 1. The molecule has 0 spiro atoms. The maximum Gasteiger partial charge on any atom is 0.321 e. The van der Waals surface area contributed by atoms with Gasteiger partial charge in [0.25, 0.3) is 0 Å². The third-order valence-electron chi connectivity index (χ3n) is 3.18. The van der Waals surface area contributed by atoms with Gasteiger partial charge in [-0.15, -0.1) is 10.2 Å². The fraction of sp³-hybridized carbons (Fsp3) is 0.118. The van der Waals surface area contributed by atoms with Crippen LogP contribution in [0.4, 0.5) is 15.1 Å². The van der Waals surface area contributed by atoms with Crippen LogP contribution >= 0.6 is 0 Å². The number of rotatable bonds is 6. The first-order valence-electron chi connectivity index (χ1n) is 7.51. The van der Waals surface area contributed by atoms with Gasteiger partial charge in [0.1, 0.15) is 12.4 Å². The number of nitrogens with zero attached hydrogens (tertiary/aromatic N) is 2. The van der Waals surface area contributed by atoms with E-state index in [4.69, 9.17) is 9.15 Å². The zero-order chi connectivity index (χ0) is 17.5. The monoisotopic (exact) mass is 342 g/mol. The van der Waals surface area contributed by atoms with Crippen LogP contribution in [-0.2, 0) is 0 Å². The van der Waals surface area contributed by atoms with Crippen LogP contribution in [0.3, 0.4) is 0 Å². The maximum absolute atomic E-state index is 12.9. The van der Waals surface area contributed by atoms with Gasteiger partial charge in [-0.2, -0.15) is 0 Å². The van der Waals surface area contributed by atoms with Crippen molar-refractivity contribution in [3.05, 3.63) is 60.6 Å². The normalized spacial score (nSPS) is 10.3. The predicted molar refractivity (Wildman–Crippen MR) is 88.7 cm³/mol. The molecule has 3 aromatic rings. The highest BCUT2D eigenvalue weighted by atomic mass is 19.1. The number of amides is 2. The SMILES string of the molecule is O=C(NCCOc1ccc(-c2ccc(F)cc2)nn1)Nc1ccco1. The molecule has 0 saturated carbocycles. The lowest BCUT2D eigenvalue weighted by atomic mass is 10.1. The molecule has 0 aliphatic carbocycles. The Morgan fingerprint density at radius 3 is 2.64 bits per heavy atom. The summed E-state index contributed by atoms with van der Waals surface area (Å²) in [5.41, 5.74) is 1.38. The highest BCUT2D eigenvalue weighted by Crippen LogP contribution is 2.17. The minimum absolute atomic E-state index is 0.232. The van der Waals surface area contributed by atoms with E-state index >= 15 is 0 Å². The molecule has 0 fully saturated rings. The highest BCUT2D eigenvalue weighted by molar-refractivity contribution is 5.87. The van der Waals surface area contributed by atoms with Crippen molar-refractivity contribution in [1.82, 2.24) is 15.5 Å². The lowest BCUT2D eigenvalue weighted by molar-refractivity contribution is 0.245. The van der Waals surface area contributed by atoms with E-state index in [2.05, 4.69) is 20.8 Å². The molecule has 8 heteroatoms. The van der Waals surface area contributed by atoms with E-state index in [1.54, 1.807) is 36.4 Å². The number of carbonyl (C=O) groups is 1. The van der Waals surface area contributed by atoms with Crippen LogP contribution in [0.5, 0.6) is 5.88 Å². The Labute approximate surface area is 142 Å². The molecule has 0 bridgehead atoms. The quantitative estimate of drug-likeness (QED) is 0.672. The zero-order valence-electron chi connectivity index (χ0n) is 13.1. The number of benzene rings is 1.